The van der Waals surface area contributed by atoms with Gasteiger partial charge in [-0.2, -0.15) is 0 Å². The molecule has 0 aromatic carbocycles. The molecule has 1 amide bonds. The highest BCUT2D eigenvalue weighted by Crippen LogP contribution is 2.37. The van der Waals surface area contributed by atoms with Gasteiger partial charge in [0.25, 0.3) is 0 Å². The van der Waals surface area contributed by atoms with Crippen molar-refractivity contribution in [2.24, 2.45) is 5.92 Å². The summed E-state index contributed by atoms with van der Waals surface area (Å²) >= 11 is 0. The summed E-state index contributed by atoms with van der Waals surface area (Å²) in [6.45, 7) is 5.33. The molecule has 1 aliphatic heterocycles. The number of hydrogen-bond donors (Lipinski definition) is 0. The molecule has 0 bridgehead atoms. The second-order valence-electron chi connectivity index (χ2n) is 5.44. The molecule has 0 atom stereocenters. The van der Waals surface area contributed by atoms with Crippen molar-refractivity contribution in [2.75, 3.05) is 20.3 Å². The summed E-state index contributed by atoms with van der Waals surface area (Å²) in [4.78, 5) is 13.8. The lowest BCUT2D eigenvalue weighted by Gasteiger charge is -2.39. The molecule has 0 aromatic rings. The molecule has 2 fully saturated rings. The van der Waals surface area contributed by atoms with E-state index in [1.165, 1.54) is 0 Å². The normalized spacial score (nSPS) is 24.5. The molecule has 0 N–H and O–H groups in total. The maximum atomic E-state index is 11.9. The van der Waals surface area contributed by atoms with E-state index < -0.39 is 0 Å². The Morgan fingerprint density at radius 1 is 1.24 bits per heavy atom. The van der Waals surface area contributed by atoms with Crippen molar-refractivity contribution in [1.82, 2.24) is 4.90 Å². The molecule has 1 heterocycles. The van der Waals surface area contributed by atoms with Crippen LogP contribution in [0.25, 0.3) is 0 Å². The summed E-state index contributed by atoms with van der Waals surface area (Å²) in [5, 5.41) is 0. The lowest BCUT2D eigenvalue weighted by molar-refractivity contribution is -0.184. The molecule has 1 spiro atoms. The minimum Gasteiger partial charge on any atom is -0.348 e. The quantitative estimate of drug-likeness (QED) is 0.740. The number of nitrogens with zero attached hydrogens (tertiary/aromatic N) is 1. The van der Waals surface area contributed by atoms with Crippen LogP contribution in [0.15, 0.2) is 0 Å². The zero-order chi connectivity index (χ0) is 12.5. The number of rotatable bonds is 2. The molecular formula is C13H23NO3. The average Bonchev–Trinajstić information content (AvgIpc) is 2.76. The summed E-state index contributed by atoms with van der Waals surface area (Å²) in [6, 6.07) is 0.350. The van der Waals surface area contributed by atoms with Crippen molar-refractivity contribution in [1.29, 1.82) is 0 Å². The summed E-state index contributed by atoms with van der Waals surface area (Å²) in [5.41, 5.74) is 0. The molecule has 17 heavy (non-hydrogen) atoms. The van der Waals surface area contributed by atoms with Crippen molar-refractivity contribution in [3.8, 4) is 0 Å². The van der Waals surface area contributed by atoms with Crippen molar-refractivity contribution in [2.45, 2.75) is 51.4 Å². The molecule has 1 saturated carbocycles. The molecule has 2 rings (SSSR count). The fourth-order valence-corrected chi connectivity index (χ4v) is 2.80. The molecular weight excluding hydrogens is 218 g/mol. The van der Waals surface area contributed by atoms with Gasteiger partial charge in [0.1, 0.15) is 0 Å². The van der Waals surface area contributed by atoms with Gasteiger partial charge in [-0.3, -0.25) is 4.79 Å². The van der Waals surface area contributed by atoms with Crippen LogP contribution < -0.4 is 0 Å². The Kier molecular flexibility index (Phi) is 3.73. The highest BCUT2D eigenvalue weighted by Gasteiger charge is 2.41. The van der Waals surface area contributed by atoms with E-state index in [1.807, 2.05) is 25.8 Å². The second kappa shape index (κ2) is 4.94. The first-order valence-corrected chi connectivity index (χ1v) is 6.59. The zero-order valence-electron chi connectivity index (χ0n) is 11.1. The van der Waals surface area contributed by atoms with E-state index in [4.69, 9.17) is 9.47 Å². The van der Waals surface area contributed by atoms with E-state index in [2.05, 4.69) is 0 Å². The van der Waals surface area contributed by atoms with Crippen LogP contribution in [0.1, 0.15) is 39.5 Å². The highest BCUT2D eigenvalue weighted by molar-refractivity contribution is 5.78. The standard InChI is InChI=1S/C13H23NO3/c1-10(2)12(15)14(3)11-4-6-13(7-5-11)16-8-9-17-13/h10-11H,4-9H2,1-3H3. The Balaban J connectivity index is 1.88. The van der Waals surface area contributed by atoms with Crippen LogP contribution in [0, 0.1) is 5.92 Å². The molecule has 2 aliphatic rings. The van der Waals surface area contributed by atoms with E-state index in [9.17, 15) is 4.79 Å². The number of ether oxygens (including phenoxy) is 2. The van der Waals surface area contributed by atoms with Gasteiger partial charge in [0.15, 0.2) is 5.79 Å². The van der Waals surface area contributed by atoms with Gasteiger partial charge in [-0.1, -0.05) is 13.8 Å². The van der Waals surface area contributed by atoms with Crippen LogP contribution in [-0.4, -0.2) is 42.9 Å². The average molecular weight is 241 g/mol. The van der Waals surface area contributed by atoms with Crippen molar-refractivity contribution in [3.05, 3.63) is 0 Å². The van der Waals surface area contributed by atoms with Crippen LogP contribution in [0.4, 0.5) is 0 Å². The van der Waals surface area contributed by atoms with Gasteiger partial charge in [0.05, 0.1) is 13.2 Å². The lowest BCUT2D eigenvalue weighted by atomic mass is 9.89. The molecule has 1 saturated heterocycles. The fraction of sp³-hybridized carbons (Fsp3) is 0.923. The summed E-state index contributed by atoms with van der Waals surface area (Å²) in [6.07, 6.45) is 3.78. The maximum absolute atomic E-state index is 11.9. The molecule has 0 aromatic heterocycles. The maximum Gasteiger partial charge on any atom is 0.225 e. The molecule has 0 unspecified atom stereocenters. The van der Waals surface area contributed by atoms with Crippen molar-refractivity contribution >= 4 is 5.91 Å². The molecule has 98 valence electrons. The third-order valence-corrected chi connectivity index (χ3v) is 3.92. The Morgan fingerprint density at radius 2 is 1.76 bits per heavy atom. The van der Waals surface area contributed by atoms with Crippen molar-refractivity contribution in [3.63, 3.8) is 0 Å². The first-order chi connectivity index (χ1) is 8.04. The molecule has 0 radical (unpaired) electrons. The van der Waals surface area contributed by atoms with Gasteiger partial charge >= 0.3 is 0 Å². The first-order valence-electron chi connectivity index (χ1n) is 6.59. The number of amides is 1. The highest BCUT2D eigenvalue weighted by atomic mass is 16.7. The predicted molar refractivity (Wildman–Crippen MR) is 64.5 cm³/mol. The van der Waals surface area contributed by atoms with E-state index in [-0.39, 0.29) is 17.6 Å². The number of hydrogen-bond acceptors (Lipinski definition) is 3. The van der Waals surface area contributed by atoms with Gasteiger partial charge in [-0.05, 0) is 12.8 Å². The third-order valence-electron chi connectivity index (χ3n) is 3.92. The first kappa shape index (κ1) is 12.8. The predicted octanol–water partition coefficient (Wildman–Crippen LogP) is 1.79. The van der Waals surface area contributed by atoms with Crippen LogP contribution in [0.5, 0.6) is 0 Å². The topological polar surface area (TPSA) is 38.8 Å². The van der Waals surface area contributed by atoms with E-state index >= 15 is 0 Å². The number of carbonyl (C=O) groups is 1. The zero-order valence-corrected chi connectivity index (χ0v) is 11.1. The van der Waals surface area contributed by atoms with Crippen LogP contribution in [-0.2, 0) is 14.3 Å². The van der Waals surface area contributed by atoms with E-state index in [1.54, 1.807) is 0 Å². The van der Waals surface area contributed by atoms with Crippen molar-refractivity contribution < 1.29 is 14.3 Å². The second-order valence-corrected chi connectivity index (χ2v) is 5.44. The minimum absolute atomic E-state index is 0.0786. The molecule has 4 nitrogen and oxygen atoms in total. The minimum atomic E-state index is -0.321. The Labute approximate surface area is 103 Å². The third kappa shape index (κ3) is 2.63. The van der Waals surface area contributed by atoms with Gasteiger partial charge in [0.2, 0.25) is 5.91 Å². The van der Waals surface area contributed by atoms with Crippen LogP contribution in [0.2, 0.25) is 0 Å². The Morgan fingerprint density at radius 3 is 2.24 bits per heavy atom. The van der Waals surface area contributed by atoms with E-state index in [0.29, 0.717) is 19.3 Å². The SMILES string of the molecule is CC(C)C(=O)N(C)C1CCC2(CC1)OCCO2. The van der Waals surface area contributed by atoms with Gasteiger partial charge in [-0.15, -0.1) is 0 Å². The summed E-state index contributed by atoms with van der Waals surface area (Å²) < 4.78 is 11.4. The number of carbonyl (C=O) groups excluding carboxylic acids is 1. The van der Waals surface area contributed by atoms with Gasteiger partial charge in [-0.25, -0.2) is 0 Å². The van der Waals surface area contributed by atoms with Gasteiger partial charge in [0, 0.05) is 31.8 Å². The van der Waals surface area contributed by atoms with E-state index in [0.717, 1.165) is 25.7 Å². The van der Waals surface area contributed by atoms with Crippen LogP contribution in [0.3, 0.4) is 0 Å². The Hall–Kier alpha value is -0.610. The summed E-state index contributed by atoms with van der Waals surface area (Å²) in [7, 11) is 1.92. The molecule has 4 heteroatoms. The fourth-order valence-electron chi connectivity index (χ4n) is 2.80. The summed E-state index contributed by atoms with van der Waals surface area (Å²) in [5.74, 6) is -0.00725. The molecule has 1 aliphatic carbocycles. The lowest BCUT2D eigenvalue weighted by Crippen LogP contribution is -2.46. The largest absolute Gasteiger partial charge is 0.348 e. The van der Waals surface area contributed by atoms with Gasteiger partial charge < -0.3 is 14.4 Å². The Bertz CT molecular complexity index is 274. The van der Waals surface area contributed by atoms with Crippen LogP contribution >= 0.6 is 0 Å². The monoisotopic (exact) mass is 241 g/mol. The smallest absolute Gasteiger partial charge is 0.225 e.